The van der Waals surface area contributed by atoms with Crippen molar-refractivity contribution in [2.75, 3.05) is 0 Å². The van der Waals surface area contributed by atoms with E-state index in [4.69, 9.17) is 15.9 Å². The normalized spacial score (nSPS) is 12.9. The lowest BCUT2D eigenvalue weighted by atomic mass is 9.99. The van der Waals surface area contributed by atoms with Gasteiger partial charge in [0.1, 0.15) is 0 Å². The van der Waals surface area contributed by atoms with Crippen LogP contribution in [0, 0.1) is 0 Å². The Hall–Kier alpha value is -0.900. The molecule has 0 aromatic heterocycles. The van der Waals surface area contributed by atoms with E-state index in [1.165, 1.54) is 0 Å². The average Bonchev–Trinajstić information content (AvgIpc) is 2.17. The maximum absolute atomic E-state index is 9.13. The van der Waals surface area contributed by atoms with Crippen molar-refractivity contribution in [3.05, 3.63) is 34.9 Å². The minimum absolute atomic E-state index is 0.00407. The van der Waals surface area contributed by atoms with Crippen LogP contribution >= 0.6 is 0 Å². The molecule has 78 valence electrons. The van der Waals surface area contributed by atoms with Gasteiger partial charge in [-0.2, -0.15) is 0 Å². The van der Waals surface area contributed by atoms with Crippen LogP contribution in [-0.4, -0.2) is 16.3 Å². The fourth-order valence-corrected chi connectivity index (χ4v) is 1.47. The molecular weight excluding hydrogens is 178 g/mol. The zero-order chi connectivity index (χ0) is 10.6. The predicted octanol–water partition coefficient (Wildman–Crippen LogP) is 0.561. The van der Waals surface area contributed by atoms with Gasteiger partial charge in [-0.05, 0) is 30.0 Å². The van der Waals surface area contributed by atoms with Crippen molar-refractivity contribution in [2.24, 2.45) is 5.73 Å². The summed E-state index contributed by atoms with van der Waals surface area (Å²) in [6.45, 7) is 1.93. The highest BCUT2D eigenvalue weighted by atomic mass is 16.3. The summed E-state index contributed by atoms with van der Waals surface area (Å²) in [7, 11) is 0. The minimum atomic E-state index is -0.00407. The van der Waals surface area contributed by atoms with Crippen LogP contribution in [0.25, 0.3) is 0 Å². The quantitative estimate of drug-likeness (QED) is 0.657. The molecule has 0 saturated heterocycles. The Morgan fingerprint density at radius 1 is 1.21 bits per heavy atom. The summed E-state index contributed by atoms with van der Waals surface area (Å²) < 4.78 is 0. The molecule has 3 heteroatoms. The van der Waals surface area contributed by atoms with Gasteiger partial charge in [-0.1, -0.05) is 18.2 Å². The van der Waals surface area contributed by atoms with Crippen LogP contribution in [0.1, 0.15) is 23.6 Å². The van der Waals surface area contributed by atoms with Crippen molar-refractivity contribution in [2.45, 2.75) is 32.6 Å². The molecule has 14 heavy (non-hydrogen) atoms. The maximum atomic E-state index is 9.13. The Kier molecular flexibility index (Phi) is 4.07. The van der Waals surface area contributed by atoms with Crippen molar-refractivity contribution in [3.8, 4) is 0 Å². The van der Waals surface area contributed by atoms with Gasteiger partial charge in [0.15, 0.2) is 0 Å². The smallest absolute Gasteiger partial charge is 0.0684 e. The third kappa shape index (κ3) is 2.80. The SMILES string of the molecule is CC(N)Cc1ccc(CO)cc1CO. The molecule has 1 aromatic rings. The third-order valence-corrected chi connectivity index (χ3v) is 2.17. The van der Waals surface area contributed by atoms with Crippen molar-refractivity contribution < 1.29 is 10.2 Å². The molecule has 1 aromatic carbocycles. The molecule has 3 nitrogen and oxygen atoms in total. The van der Waals surface area contributed by atoms with E-state index < -0.39 is 0 Å². The molecule has 0 spiro atoms. The van der Waals surface area contributed by atoms with Gasteiger partial charge in [-0.3, -0.25) is 0 Å². The lowest BCUT2D eigenvalue weighted by molar-refractivity contribution is 0.274. The summed E-state index contributed by atoms with van der Waals surface area (Å²) in [5.74, 6) is 0. The third-order valence-electron chi connectivity index (χ3n) is 2.17. The maximum Gasteiger partial charge on any atom is 0.0684 e. The number of aliphatic hydroxyl groups excluding tert-OH is 2. The molecule has 0 radical (unpaired) electrons. The first-order chi connectivity index (χ1) is 6.67. The van der Waals surface area contributed by atoms with Crippen LogP contribution in [-0.2, 0) is 19.6 Å². The molecule has 0 heterocycles. The largest absolute Gasteiger partial charge is 0.392 e. The Balaban J connectivity index is 2.93. The van der Waals surface area contributed by atoms with E-state index in [0.29, 0.717) is 0 Å². The molecule has 0 aliphatic rings. The van der Waals surface area contributed by atoms with E-state index in [2.05, 4.69) is 0 Å². The number of hydrogen-bond donors (Lipinski definition) is 3. The van der Waals surface area contributed by atoms with Gasteiger partial charge in [-0.15, -0.1) is 0 Å². The van der Waals surface area contributed by atoms with Gasteiger partial charge < -0.3 is 15.9 Å². The number of hydrogen-bond acceptors (Lipinski definition) is 3. The number of aliphatic hydroxyl groups is 2. The van der Waals surface area contributed by atoms with Gasteiger partial charge in [0.05, 0.1) is 13.2 Å². The number of rotatable bonds is 4. The van der Waals surface area contributed by atoms with Crippen LogP contribution in [0.3, 0.4) is 0 Å². The summed E-state index contributed by atoms with van der Waals surface area (Å²) >= 11 is 0. The highest BCUT2D eigenvalue weighted by Gasteiger charge is 2.05. The van der Waals surface area contributed by atoms with E-state index in [1.807, 2.05) is 25.1 Å². The Labute approximate surface area is 84.2 Å². The van der Waals surface area contributed by atoms with Crippen molar-refractivity contribution in [1.82, 2.24) is 0 Å². The molecule has 0 aliphatic heterocycles. The summed E-state index contributed by atoms with van der Waals surface area (Å²) in [6.07, 6.45) is 0.752. The van der Waals surface area contributed by atoms with Crippen LogP contribution in [0.4, 0.5) is 0 Å². The fourth-order valence-electron chi connectivity index (χ4n) is 1.47. The zero-order valence-electron chi connectivity index (χ0n) is 8.40. The molecule has 1 unspecified atom stereocenters. The molecule has 4 N–H and O–H groups in total. The van der Waals surface area contributed by atoms with Gasteiger partial charge >= 0.3 is 0 Å². The Morgan fingerprint density at radius 2 is 1.93 bits per heavy atom. The number of benzene rings is 1. The second-order valence-corrected chi connectivity index (χ2v) is 3.60. The number of nitrogens with two attached hydrogens (primary N) is 1. The van der Waals surface area contributed by atoms with Crippen molar-refractivity contribution >= 4 is 0 Å². The van der Waals surface area contributed by atoms with Gasteiger partial charge in [-0.25, -0.2) is 0 Å². The monoisotopic (exact) mass is 195 g/mol. The molecule has 0 fully saturated rings. The van der Waals surface area contributed by atoms with E-state index in [0.717, 1.165) is 23.1 Å². The Morgan fingerprint density at radius 3 is 2.43 bits per heavy atom. The Bertz CT molecular complexity index is 297. The summed E-state index contributed by atoms with van der Waals surface area (Å²) in [5.41, 5.74) is 8.42. The first kappa shape index (κ1) is 11.2. The predicted molar refractivity (Wildman–Crippen MR) is 55.6 cm³/mol. The van der Waals surface area contributed by atoms with Gasteiger partial charge in [0.2, 0.25) is 0 Å². The average molecular weight is 195 g/mol. The topological polar surface area (TPSA) is 66.5 Å². The highest BCUT2D eigenvalue weighted by molar-refractivity contribution is 5.32. The summed E-state index contributed by atoms with van der Waals surface area (Å²) in [5, 5.41) is 18.1. The minimum Gasteiger partial charge on any atom is -0.392 e. The lowest BCUT2D eigenvalue weighted by Crippen LogP contribution is -2.18. The first-order valence-corrected chi connectivity index (χ1v) is 4.75. The van der Waals surface area contributed by atoms with Crippen LogP contribution in [0.2, 0.25) is 0 Å². The van der Waals surface area contributed by atoms with Crippen molar-refractivity contribution in [1.29, 1.82) is 0 Å². The van der Waals surface area contributed by atoms with Crippen LogP contribution in [0.15, 0.2) is 18.2 Å². The molecule has 0 saturated carbocycles. The molecule has 1 atom stereocenters. The standard InChI is InChI=1S/C11H17NO2/c1-8(12)4-10-3-2-9(6-13)5-11(10)7-14/h2-3,5,8,13-14H,4,6-7,12H2,1H3. The summed E-state index contributed by atoms with van der Waals surface area (Å²) in [4.78, 5) is 0. The van der Waals surface area contributed by atoms with Gasteiger partial charge in [0, 0.05) is 6.04 Å². The zero-order valence-corrected chi connectivity index (χ0v) is 8.40. The molecule has 0 bridgehead atoms. The van der Waals surface area contributed by atoms with E-state index in [-0.39, 0.29) is 19.3 Å². The van der Waals surface area contributed by atoms with Crippen molar-refractivity contribution in [3.63, 3.8) is 0 Å². The van der Waals surface area contributed by atoms with E-state index >= 15 is 0 Å². The van der Waals surface area contributed by atoms with Crippen LogP contribution < -0.4 is 5.73 Å². The highest BCUT2D eigenvalue weighted by Crippen LogP contribution is 2.14. The second kappa shape index (κ2) is 5.10. The summed E-state index contributed by atoms with van der Waals surface area (Å²) in [6, 6.07) is 5.68. The fraction of sp³-hybridized carbons (Fsp3) is 0.455. The van der Waals surface area contributed by atoms with Crippen LogP contribution in [0.5, 0.6) is 0 Å². The molecule has 0 amide bonds. The molecule has 0 aliphatic carbocycles. The van der Waals surface area contributed by atoms with E-state index in [9.17, 15) is 0 Å². The van der Waals surface area contributed by atoms with E-state index in [1.54, 1.807) is 0 Å². The molecule has 1 rings (SSSR count). The second-order valence-electron chi connectivity index (χ2n) is 3.60. The molecular formula is C11H17NO2. The lowest BCUT2D eigenvalue weighted by Gasteiger charge is -2.11. The first-order valence-electron chi connectivity index (χ1n) is 4.75. The van der Waals surface area contributed by atoms with Gasteiger partial charge in [0.25, 0.3) is 0 Å².